The molecule has 439 valence electrons. The molecular weight excluding hydrogens is 1090 g/mol. The summed E-state index contributed by atoms with van der Waals surface area (Å²) in [4.78, 5) is 56.2. The number of hydrogen-bond donors (Lipinski definition) is 4. The number of phenolic OH excluding ortho intramolecular Hbond substituents is 1. The van der Waals surface area contributed by atoms with Crippen LogP contribution in [0.4, 0.5) is 5.82 Å². The van der Waals surface area contributed by atoms with Crippen molar-refractivity contribution in [2.75, 3.05) is 63.6 Å². The van der Waals surface area contributed by atoms with Crippen LogP contribution in [0.15, 0.2) is 76.9 Å². The number of piperazine rings is 1. The molecule has 20 heteroatoms. The van der Waals surface area contributed by atoms with E-state index in [1.54, 1.807) is 17.4 Å². The fourth-order valence-corrected chi connectivity index (χ4v) is 19.7. The van der Waals surface area contributed by atoms with Gasteiger partial charge in [0.15, 0.2) is 14.7 Å². The van der Waals surface area contributed by atoms with Crippen molar-refractivity contribution in [2.24, 2.45) is 11.8 Å². The summed E-state index contributed by atoms with van der Waals surface area (Å²) >= 11 is 1.60. The molecule has 18 nitrogen and oxygen atoms in total. The summed E-state index contributed by atoms with van der Waals surface area (Å²) in [6.07, 6.45) is 10.2. The summed E-state index contributed by atoms with van der Waals surface area (Å²) in [5.41, 5.74) is 9.78. The number of nitrogens with one attached hydrogen (secondary N) is 2. The minimum absolute atomic E-state index is 0.0256. The van der Waals surface area contributed by atoms with Crippen LogP contribution in [0.2, 0.25) is 6.04 Å². The normalized spacial score (nSPS) is 25.2. The molecule has 7 aliphatic rings. The molecule has 3 aromatic carbocycles. The SMILES string of the molecule is Cc1ncsc1-c1ccc([C@H](C)NC(=O)[C@@H]2C[C@@H](O)CN2C(=O)[C@@H](c2cc(OCC3CCN(C[Si]4CC[C@]5(COc6nc(N7CC8CCC(C7)N8)c7cnc8c(c7n6)C(C)c6cccc7cc(O)cc-8c67)CCCN45)CC3)no2)C(C)C)cc1. The highest BCUT2D eigenvalue weighted by Gasteiger charge is 2.51. The maximum absolute atomic E-state index is 14.4. The van der Waals surface area contributed by atoms with E-state index < -0.39 is 27.0 Å². The van der Waals surface area contributed by atoms with Crippen LogP contribution in [0.3, 0.4) is 0 Å². The summed E-state index contributed by atoms with van der Waals surface area (Å²) in [6.45, 7) is 16.1. The fraction of sp³-hybridized carbons (Fsp3) is 0.516. The van der Waals surface area contributed by atoms with Gasteiger partial charge in [-0.1, -0.05) is 63.2 Å². The number of likely N-dealkylation sites (tertiary alicyclic amines) is 2. The zero-order chi connectivity index (χ0) is 57.5. The second-order valence-corrected chi connectivity index (χ2v) is 28.8. The number of piperidine rings is 1. The van der Waals surface area contributed by atoms with E-state index in [0.717, 1.165) is 131 Å². The predicted molar refractivity (Wildman–Crippen MR) is 325 cm³/mol. The molecule has 14 rings (SSSR count). The van der Waals surface area contributed by atoms with Crippen molar-refractivity contribution in [2.45, 2.75) is 140 Å². The van der Waals surface area contributed by atoms with Crippen molar-refractivity contribution in [3.63, 3.8) is 0 Å². The van der Waals surface area contributed by atoms with Crippen LogP contribution < -0.4 is 25.0 Å². The molecule has 6 saturated heterocycles. The van der Waals surface area contributed by atoms with E-state index in [1.165, 1.54) is 35.8 Å². The molecule has 0 saturated carbocycles. The monoisotopic (exact) mass is 1170 g/mol. The van der Waals surface area contributed by atoms with Gasteiger partial charge in [-0.15, -0.1) is 11.3 Å². The molecule has 1 aliphatic carbocycles. The Bertz CT molecular complexity index is 3620. The average molecular weight is 1170 g/mol. The number of fused-ring (bicyclic) bond motifs is 7. The number of rotatable bonds is 16. The standard InChI is InChI=1S/C64H76N11O7SSi/c1-36(2)54(62(79)74-31-47(77)26-51(74)61(78)67-38(4)41-10-12-42(13-11-41)59-39(5)66-34-83-59)52-27-53(71-82-52)80-32-40-16-21-72(22-17-40)35-84-23-19-64(18-7-20-75(64)84)33-81-63-69-58-50(60(70-63)73-29-44-14-15-45(30-73)68-44)28-65-57-49-25-46(76)24-43-8-6-9-48(56(43)49)37(3)55(57)58/h6,8-13,24-25,27-28,34,36-38,40,44-45,47,51,54,68,76-77H,7,14-23,26,29-33,35H2,1-5H3,(H,67,78)/t37?,38-,44?,45?,47+,51-,54+,64-/m0/s1. The minimum Gasteiger partial charge on any atom is -0.508 e. The molecule has 10 heterocycles. The fourth-order valence-electron chi connectivity index (χ4n) is 15.3. The highest BCUT2D eigenvalue weighted by molar-refractivity contribution is 7.13. The Hall–Kier alpha value is -6.55. The molecule has 4 aromatic heterocycles. The van der Waals surface area contributed by atoms with Crippen LogP contribution in [0.5, 0.6) is 17.6 Å². The number of pyridine rings is 1. The molecule has 2 bridgehead atoms. The van der Waals surface area contributed by atoms with Crippen molar-refractivity contribution in [1.82, 2.24) is 50.1 Å². The third-order valence-electron chi connectivity index (χ3n) is 19.7. The van der Waals surface area contributed by atoms with Crippen LogP contribution in [-0.2, 0) is 9.59 Å². The van der Waals surface area contributed by atoms with Gasteiger partial charge >= 0.3 is 6.01 Å². The van der Waals surface area contributed by atoms with Crippen molar-refractivity contribution in [3.8, 4) is 39.3 Å². The molecule has 0 spiro atoms. The van der Waals surface area contributed by atoms with Gasteiger partial charge in [0, 0.05) is 79.2 Å². The molecule has 1 radical (unpaired) electrons. The number of phenols is 1. The van der Waals surface area contributed by atoms with E-state index >= 15 is 0 Å². The van der Waals surface area contributed by atoms with E-state index in [2.05, 4.69) is 60.3 Å². The number of nitrogens with zero attached hydrogens (tertiary/aromatic N) is 9. The third kappa shape index (κ3) is 10.2. The molecule has 7 aromatic rings. The maximum Gasteiger partial charge on any atom is 0.319 e. The average Bonchev–Trinajstić information content (AvgIpc) is 1.50. The van der Waals surface area contributed by atoms with Gasteiger partial charge in [-0.3, -0.25) is 14.6 Å². The Kier molecular flexibility index (Phi) is 14.7. The van der Waals surface area contributed by atoms with Crippen LogP contribution in [0.1, 0.15) is 125 Å². The van der Waals surface area contributed by atoms with Gasteiger partial charge in [0.1, 0.15) is 30.1 Å². The first kappa shape index (κ1) is 55.3. The zero-order valence-electron chi connectivity index (χ0n) is 48.7. The lowest BCUT2D eigenvalue weighted by Crippen LogP contribution is -2.53. The lowest BCUT2D eigenvalue weighted by molar-refractivity contribution is -0.141. The first-order valence-corrected chi connectivity index (χ1v) is 33.3. The first-order chi connectivity index (χ1) is 40.7. The molecular formula is C64H76N11O7SSi. The van der Waals surface area contributed by atoms with E-state index in [1.807, 2.05) is 75.8 Å². The highest BCUT2D eigenvalue weighted by Crippen LogP contribution is 2.49. The summed E-state index contributed by atoms with van der Waals surface area (Å²) in [5, 5.41) is 36.0. The summed E-state index contributed by atoms with van der Waals surface area (Å²) in [7, 11) is -0.843. The Morgan fingerprint density at radius 2 is 1.77 bits per heavy atom. The highest BCUT2D eigenvalue weighted by atomic mass is 32.1. The largest absolute Gasteiger partial charge is 0.508 e. The zero-order valence-corrected chi connectivity index (χ0v) is 50.5. The second-order valence-electron chi connectivity index (χ2n) is 25.5. The summed E-state index contributed by atoms with van der Waals surface area (Å²) in [5.74, 6) is 0.809. The molecule has 3 unspecified atom stereocenters. The van der Waals surface area contributed by atoms with Crippen molar-refractivity contribution >= 4 is 59.6 Å². The molecule has 2 amide bonds. The number of hydrogen-bond acceptors (Lipinski definition) is 17. The number of aliphatic hydroxyl groups is 1. The number of amides is 2. The van der Waals surface area contributed by atoms with E-state index in [9.17, 15) is 19.8 Å². The first-order valence-electron chi connectivity index (χ1n) is 30.6. The summed E-state index contributed by atoms with van der Waals surface area (Å²) in [6, 6.07) is 21.3. The number of thiazole rings is 1. The van der Waals surface area contributed by atoms with Gasteiger partial charge in [-0.05, 0) is 141 Å². The Morgan fingerprint density at radius 1 is 0.964 bits per heavy atom. The lowest BCUT2D eigenvalue weighted by atomic mass is 9.79. The Labute approximate surface area is 496 Å². The molecule has 8 atom stereocenters. The third-order valence-corrected chi connectivity index (χ3v) is 23.8. The van der Waals surface area contributed by atoms with Crippen LogP contribution >= 0.6 is 11.3 Å². The quantitative estimate of drug-likeness (QED) is 0.0666. The number of anilines is 1. The number of ether oxygens (including phenoxy) is 2. The number of aromatic nitrogens is 5. The maximum atomic E-state index is 14.4. The smallest absolute Gasteiger partial charge is 0.319 e. The predicted octanol–water partition coefficient (Wildman–Crippen LogP) is 8.89. The number of carbonyl (C=O) groups excluding carboxylic acids is 2. The van der Waals surface area contributed by atoms with E-state index in [4.69, 9.17) is 28.9 Å². The molecule has 84 heavy (non-hydrogen) atoms. The molecule has 4 N–H and O–H groups in total. The van der Waals surface area contributed by atoms with Crippen LogP contribution in [-0.4, -0.2) is 159 Å². The van der Waals surface area contributed by atoms with Crippen LogP contribution in [0, 0.1) is 18.8 Å². The lowest BCUT2D eigenvalue weighted by Gasteiger charge is -2.38. The van der Waals surface area contributed by atoms with Gasteiger partial charge in [0.25, 0.3) is 5.88 Å². The Morgan fingerprint density at radius 3 is 2.55 bits per heavy atom. The van der Waals surface area contributed by atoms with Crippen molar-refractivity contribution in [1.29, 1.82) is 0 Å². The van der Waals surface area contributed by atoms with E-state index in [-0.39, 0.29) is 53.9 Å². The van der Waals surface area contributed by atoms with Gasteiger partial charge < -0.3 is 54.1 Å². The number of aryl methyl sites for hydroxylation is 1. The molecule has 6 fully saturated rings. The number of β-amino-alcohol motifs (C(OH)–C–C–N with tert-alkyl or cyclic N) is 1. The molecule has 6 aliphatic heterocycles. The second kappa shape index (κ2) is 22.4. The van der Waals surface area contributed by atoms with Gasteiger partial charge in [-0.2, -0.15) is 9.97 Å². The minimum atomic E-state index is -0.843. The van der Waals surface area contributed by atoms with Gasteiger partial charge in [0.2, 0.25) is 11.8 Å². The Balaban J connectivity index is 0.597. The van der Waals surface area contributed by atoms with Gasteiger partial charge in [0.05, 0.1) is 51.4 Å². The number of aromatic hydroxyl groups is 1. The topological polar surface area (TPSA) is 208 Å². The number of benzene rings is 3. The summed E-state index contributed by atoms with van der Waals surface area (Å²) < 4.78 is 22.0. The van der Waals surface area contributed by atoms with Crippen molar-refractivity contribution in [3.05, 3.63) is 101 Å². The number of aliphatic hydroxyl groups excluding tert-OH is 1. The van der Waals surface area contributed by atoms with E-state index in [0.29, 0.717) is 48.9 Å². The van der Waals surface area contributed by atoms with Crippen molar-refractivity contribution < 1.29 is 33.8 Å². The van der Waals surface area contributed by atoms with Gasteiger partial charge in [-0.25, -0.2) is 4.98 Å². The number of carbonyl (C=O) groups is 2. The van der Waals surface area contributed by atoms with Crippen LogP contribution in [0.25, 0.3) is 43.4 Å².